The van der Waals surface area contributed by atoms with Crippen molar-refractivity contribution in [2.45, 2.75) is 0 Å². The van der Waals surface area contributed by atoms with Gasteiger partial charge in [-0.05, 0) is 22.0 Å². The molecule has 1 aromatic carbocycles. The highest BCUT2D eigenvalue weighted by Gasteiger charge is 2.07. The lowest BCUT2D eigenvalue weighted by atomic mass is 10.2. The van der Waals surface area contributed by atoms with Gasteiger partial charge in [-0.25, -0.2) is 0 Å². The minimum atomic E-state index is -0.0868. The summed E-state index contributed by atoms with van der Waals surface area (Å²) in [7, 11) is 1.49. The lowest BCUT2D eigenvalue weighted by molar-refractivity contribution is 0.112. The Hall–Kier alpha value is -1.03. The average molecular weight is 231 g/mol. The molecule has 4 heteroatoms. The van der Waals surface area contributed by atoms with Crippen LogP contribution in [0.5, 0.6) is 11.5 Å². The van der Waals surface area contributed by atoms with Gasteiger partial charge in [-0.15, -0.1) is 0 Å². The van der Waals surface area contributed by atoms with E-state index in [0.29, 0.717) is 16.5 Å². The molecule has 3 nitrogen and oxygen atoms in total. The third kappa shape index (κ3) is 1.58. The summed E-state index contributed by atoms with van der Waals surface area (Å²) in [6, 6.07) is 3.00. The highest BCUT2D eigenvalue weighted by molar-refractivity contribution is 9.10. The van der Waals surface area contributed by atoms with Gasteiger partial charge in [0.05, 0.1) is 12.7 Å². The van der Waals surface area contributed by atoms with Gasteiger partial charge >= 0.3 is 0 Å². The van der Waals surface area contributed by atoms with Gasteiger partial charge in [0, 0.05) is 10.5 Å². The third-order valence-electron chi connectivity index (χ3n) is 1.43. The zero-order valence-electron chi connectivity index (χ0n) is 6.37. The van der Waals surface area contributed by atoms with Gasteiger partial charge < -0.3 is 9.84 Å². The van der Waals surface area contributed by atoms with Crippen LogP contribution >= 0.6 is 15.9 Å². The Morgan fingerprint density at radius 1 is 1.58 bits per heavy atom. The molecule has 0 aliphatic carbocycles. The normalized spacial score (nSPS) is 9.50. The van der Waals surface area contributed by atoms with Crippen molar-refractivity contribution in [3.63, 3.8) is 0 Å². The van der Waals surface area contributed by atoms with E-state index in [1.165, 1.54) is 13.2 Å². The first-order chi connectivity index (χ1) is 5.69. The van der Waals surface area contributed by atoms with Crippen LogP contribution in [-0.4, -0.2) is 18.5 Å². The Labute approximate surface area is 78.1 Å². The minimum Gasteiger partial charge on any atom is -0.507 e. The fourth-order valence-electron chi connectivity index (χ4n) is 0.814. The maximum atomic E-state index is 10.4. The lowest BCUT2D eigenvalue weighted by Gasteiger charge is -2.04. The van der Waals surface area contributed by atoms with Gasteiger partial charge in [-0.3, -0.25) is 4.79 Å². The number of rotatable bonds is 2. The first-order valence-corrected chi connectivity index (χ1v) is 4.00. The molecule has 1 aromatic rings. The average Bonchev–Trinajstić information content (AvgIpc) is 2.03. The van der Waals surface area contributed by atoms with Crippen LogP contribution in [0.1, 0.15) is 10.4 Å². The lowest BCUT2D eigenvalue weighted by Crippen LogP contribution is -1.87. The summed E-state index contributed by atoms with van der Waals surface area (Å²) in [5.41, 5.74) is 0.232. The monoisotopic (exact) mass is 230 g/mol. The Kier molecular flexibility index (Phi) is 2.70. The second-order valence-corrected chi connectivity index (χ2v) is 3.01. The molecule has 0 aliphatic rings. The number of phenolic OH excluding ortho intramolecular Hbond substituents is 1. The topological polar surface area (TPSA) is 46.5 Å². The first-order valence-electron chi connectivity index (χ1n) is 3.20. The number of hydrogen-bond donors (Lipinski definition) is 1. The summed E-state index contributed by atoms with van der Waals surface area (Å²) >= 11 is 3.13. The Morgan fingerprint density at radius 2 is 2.25 bits per heavy atom. The maximum absolute atomic E-state index is 10.4. The molecule has 0 atom stereocenters. The van der Waals surface area contributed by atoms with Gasteiger partial charge in [-0.1, -0.05) is 0 Å². The van der Waals surface area contributed by atoms with Crippen LogP contribution in [0.4, 0.5) is 0 Å². The summed E-state index contributed by atoms with van der Waals surface area (Å²) in [5.74, 6) is 0.418. The number of halogens is 1. The SMILES string of the molecule is COc1cc(O)c(C=O)c(Br)c1. The fourth-order valence-corrected chi connectivity index (χ4v) is 1.34. The number of methoxy groups -OCH3 is 1. The molecule has 0 saturated carbocycles. The molecule has 0 fully saturated rings. The molecular formula is C8H7BrO3. The molecule has 12 heavy (non-hydrogen) atoms. The van der Waals surface area contributed by atoms with Crippen molar-refractivity contribution in [2.24, 2.45) is 0 Å². The van der Waals surface area contributed by atoms with Crippen LogP contribution in [0.15, 0.2) is 16.6 Å². The Bertz CT molecular complexity index is 286. The van der Waals surface area contributed by atoms with Crippen LogP contribution in [0.25, 0.3) is 0 Å². The quantitative estimate of drug-likeness (QED) is 0.791. The molecule has 1 N–H and O–H groups in total. The summed E-state index contributed by atoms with van der Waals surface area (Å²) < 4.78 is 5.39. The van der Waals surface area contributed by atoms with Gasteiger partial charge in [-0.2, -0.15) is 0 Å². The number of ether oxygens (including phenoxy) is 1. The van der Waals surface area contributed by atoms with Crippen LogP contribution in [-0.2, 0) is 0 Å². The molecule has 0 heterocycles. The van der Waals surface area contributed by atoms with E-state index in [1.807, 2.05) is 0 Å². The molecule has 0 saturated heterocycles. The van der Waals surface area contributed by atoms with Crippen molar-refractivity contribution in [1.82, 2.24) is 0 Å². The summed E-state index contributed by atoms with van der Waals surface area (Å²) in [4.78, 5) is 10.4. The number of aldehydes is 1. The largest absolute Gasteiger partial charge is 0.507 e. The van der Waals surface area contributed by atoms with Crippen molar-refractivity contribution in [3.05, 3.63) is 22.2 Å². The number of benzene rings is 1. The van der Waals surface area contributed by atoms with E-state index in [2.05, 4.69) is 15.9 Å². The Balaban J connectivity index is 3.27. The van der Waals surface area contributed by atoms with Gasteiger partial charge in [0.25, 0.3) is 0 Å². The van der Waals surface area contributed by atoms with Gasteiger partial charge in [0.15, 0.2) is 6.29 Å². The van der Waals surface area contributed by atoms with Crippen LogP contribution in [0.2, 0.25) is 0 Å². The standard InChI is InChI=1S/C8H7BrO3/c1-12-5-2-7(9)6(4-10)8(11)3-5/h2-4,11H,1H3. The molecule has 0 radical (unpaired) electrons. The second kappa shape index (κ2) is 3.58. The van der Waals surface area contributed by atoms with Crippen molar-refractivity contribution in [2.75, 3.05) is 7.11 Å². The first kappa shape index (κ1) is 9.06. The van der Waals surface area contributed by atoms with Crippen LogP contribution in [0.3, 0.4) is 0 Å². The van der Waals surface area contributed by atoms with E-state index < -0.39 is 0 Å². The maximum Gasteiger partial charge on any atom is 0.154 e. The second-order valence-electron chi connectivity index (χ2n) is 2.16. The van der Waals surface area contributed by atoms with Crippen molar-refractivity contribution >= 4 is 22.2 Å². The molecule has 0 bridgehead atoms. The molecule has 0 unspecified atom stereocenters. The summed E-state index contributed by atoms with van der Waals surface area (Å²) in [6.07, 6.45) is 0.582. The van der Waals surface area contributed by atoms with E-state index >= 15 is 0 Å². The Morgan fingerprint density at radius 3 is 2.67 bits per heavy atom. The summed E-state index contributed by atoms with van der Waals surface area (Å²) in [5, 5.41) is 9.26. The predicted molar refractivity (Wildman–Crippen MR) is 47.7 cm³/mol. The molecule has 0 aliphatic heterocycles. The molecular weight excluding hydrogens is 224 g/mol. The van der Waals surface area contributed by atoms with Crippen molar-refractivity contribution in [1.29, 1.82) is 0 Å². The number of phenols is 1. The van der Waals surface area contributed by atoms with Gasteiger partial charge in [0.2, 0.25) is 0 Å². The predicted octanol–water partition coefficient (Wildman–Crippen LogP) is 1.98. The molecule has 0 spiro atoms. The number of carbonyl (C=O) groups is 1. The zero-order chi connectivity index (χ0) is 9.14. The third-order valence-corrected chi connectivity index (χ3v) is 2.09. The van der Waals surface area contributed by atoms with Crippen LogP contribution < -0.4 is 4.74 Å². The highest BCUT2D eigenvalue weighted by atomic mass is 79.9. The summed E-state index contributed by atoms with van der Waals surface area (Å²) in [6.45, 7) is 0. The zero-order valence-corrected chi connectivity index (χ0v) is 7.96. The van der Waals surface area contributed by atoms with Crippen molar-refractivity contribution < 1.29 is 14.6 Å². The smallest absolute Gasteiger partial charge is 0.154 e. The van der Waals surface area contributed by atoms with E-state index in [4.69, 9.17) is 4.74 Å². The number of carbonyl (C=O) groups excluding carboxylic acids is 1. The molecule has 64 valence electrons. The number of hydrogen-bond acceptors (Lipinski definition) is 3. The molecule has 0 amide bonds. The van der Waals surface area contributed by atoms with Crippen molar-refractivity contribution in [3.8, 4) is 11.5 Å². The van der Waals surface area contributed by atoms with E-state index in [0.717, 1.165) is 0 Å². The fraction of sp³-hybridized carbons (Fsp3) is 0.125. The highest BCUT2D eigenvalue weighted by Crippen LogP contribution is 2.29. The minimum absolute atomic E-state index is 0.0868. The van der Waals surface area contributed by atoms with Gasteiger partial charge in [0.1, 0.15) is 11.5 Å². The van der Waals surface area contributed by atoms with E-state index in [-0.39, 0.29) is 11.3 Å². The molecule has 0 aromatic heterocycles. The van der Waals surface area contributed by atoms with E-state index in [9.17, 15) is 9.90 Å². The van der Waals surface area contributed by atoms with E-state index in [1.54, 1.807) is 6.07 Å². The molecule has 1 rings (SSSR count). The van der Waals surface area contributed by atoms with Crippen LogP contribution in [0, 0.1) is 0 Å². The number of aromatic hydroxyl groups is 1.